The van der Waals surface area contributed by atoms with Crippen LogP contribution in [0.4, 0.5) is 0 Å². The highest BCUT2D eigenvalue weighted by Gasteiger charge is 2.23. The zero-order valence-corrected chi connectivity index (χ0v) is 10.5. The van der Waals surface area contributed by atoms with Crippen molar-refractivity contribution in [1.82, 2.24) is 5.32 Å². The van der Waals surface area contributed by atoms with E-state index in [0.29, 0.717) is 6.42 Å². The van der Waals surface area contributed by atoms with Gasteiger partial charge in [-0.15, -0.1) is 0 Å². The first kappa shape index (κ1) is 14.9. The first-order valence-corrected chi connectivity index (χ1v) is 5.34. The van der Waals surface area contributed by atoms with Gasteiger partial charge in [0, 0.05) is 6.54 Å². The van der Waals surface area contributed by atoms with Gasteiger partial charge in [0.2, 0.25) is 5.91 Å². The molecule has 0 aliphatic carbocycles. The van der Waals surface area contributed by atoms with Crippen LogP contribution in [0.1, 0.15) is 27.2 Å². The lowest BCUT2D eigenvalue weighted by atomic mass is 9.84. The van der Waals surface area contributed by atoms with Crippen molar-refractivity contribution in [3.05, 3.63) is 0 Å². The van der Waals surface area contributed by atoms with E-state index >= 15 is 0 Å². The molecule has 0 spiro atoms. The minimum absolute atomic E-state index is 0.0344. The number of ether oxygens (including phenoxy) is 1. The van der Waals surface area contributed by atoms with Crippen molar-refractivity contribution in [2.75, 3.05) is 20.2 Å². The van der Waals surface area contributed by atoms with Crippen LogP contribution in [-0.4, -0.2) is 32.1 Å². The lowest BCUT2D eigenvalue weighted by Gasteiger charge is -2.24. The molecule has 5 nitrogen and oxygen atoms in total. The molecule has 94 valence electrons. The predicted molar refractivity (Wildman–Crippen MR) is 61.6 cm³/mol. The Morgan fingerprint density at radius 3 is 2.31 bits per heavy atom. The van der Waals surface area contributed by atoms with Crippen LogP contribution < -0.4 is 11.1 Å². The van der Waals surface area contributed by atoms with Crippen LogP contribution in [0.3, 0.4) is 0 Å². The Balaban J connectivity index is 4.16. The van der Waals surface area contributed by atoms with Crippen molar-refractivity contribution >= 4 is 11.9 Å². The summed E-state index contributed by atoms with van der Waals surface area (Å²) < 4.78 is 4.43. The fourth-order valence-electron chi connectivity index (χ4n) is 1.40. The summed E-state index contributed by atoms with van der Waals surface area (Å²) in [6.45, 7) is 6.32. The minimum atomic E-state index is -0.458. The Morgan fingerprint density at radius 1 is 1.38 bits per heavy atom. The molecule has 0 radical (unpaired) electrons. The Bertz CT molecular complexity index is 246. The highest BCUT2D eigenvalue weighted by Crippen LogP contribution is 2.23. The summed E-state index contributed by atoms with van der Waals surface area (Å²) in [5.41, 5.74) is 5.58. The van der Waals surface area contributed by atoms with E-state index < -0.39 is 5.97 Å². The van der Waals surface area contributed by atoms with Gasteiger partial charge in [0.1, 0.15) is 6.54 Å². The molecule has 0 aliphatic heterocycles. The van der Waals surface area contributed by atoms with Gasteiger partial charge < -0.3 is 15.8 Å². The molecule has 1 amide bonds. The molecule has 0 heterocycles. The topological polar surface area (TPSA) is 81.4 Å². The smallest absolute Gasteiger partial charge is 0.325 e. The van der Waals surface area contributed by atoms with Crippen LogP contribution in [0.25, 0.3) is 0 Å². The Hall–Kier alpha value is -1.10. The summed E-state index contributed by atoms with van der Waals surface area (Å²) in [6, 6.07) is 0. The van der Waals surface area contributed by atoms with Crippen LogP contribution in [0.15, 0.2) is 0 Å². The van der Waals surface area contributed by atoms with Gasteiger partial charge >= 0.3 is 5.97 Å². The third kappa shape index (κ3) is 6.40. The SMILES string of the molecule is COC(=O)CNC(=O)C(CN)CC(C)(C)C. The van der Waals surface area contributed by atoms with E-state index in [4.69, 9.17) is 5.73 Å². The largest absolute Gasteiger partial charge is 0.468 e. The zero-order valence-electron chi connectivity index (χ0n) is 10.5. The summed E-state index contributed by atoms with van der Waals surface area (Å²) in [5, 5.41) is 2.51. The number of methoxy groups -OCH3 is 1. The molecule has 0 saturated heterocycles. The molecule has 0 saturated carbocycles. The second kappa shape index (κ2) is 6.48. The van der Waals surface area contributed by atoms with Gasteiger partial charge in [-0.05, 0) is 11.8 Å². The molecule has 0 rings (SSSR count). The molecule has 5 heteroatoms. The lowest BCUT2D eigenvalue weighted by Crippen LogP contribution is -2.39. The highest BCUT2D eigenvalue weighted by atomic mass is 16.5. The number of esters is 1. The van der Waals surface area contributed by atoms with Crippen LogP contribution in [0, 0.1) is 11.3 Å². The third-order valence-electron chi connectivity index (χ3n) is 2.15. The van der Waals surface area contributed by atoms with Crippen molar-refractivity contribution < 1.29 is 14.3 Å². The molecule has 0 aromatic rings. The summed E-state index contributed by atoms with van der Waals surface area (Å²) in [7, 11) is 1.28. The van der Waals surface area contributed by atoms with Crippen molar-refractivity contribution in [3.8, 4) is 0 Å². The number of hydrogen-bond acceptors (Lipinski definition) is 4. The molecular weight excluding hydrogens is 208 g/mol. The summed E-state index contributed by atoms with van der Waals surface area (Å²) in [5.74, 6) is -0.910. The molecular formula is C11H22N2O3. The van der Waals surface area contributed by atoms with E-state index in [2.05, 4.69) is 10.1 Å². The molecule has 16 heavy (non-hydrogen) atoms. The van der Waals surface area contributed by atoms with Crippen molar-refractivity contribution in [3.63, 3.8) is 0 Å². The van der Waals surface area contributed by atoms with E-state index in [1.165, 1.54) is 7.11 Å². The van der Waals surface area contributed by atoms with Crippen LogP contribution in [0.2, 0.25) is 0 Å². The monoisotopic (exact) mass is 230 g/mol. The van der Waals surface area contributed by atoms with Gasteiger partial charge in [-0.1, -0.05) is 20.8 Å². The molecule has 3 N–H and O–H groups in total. The number of rotatable bonds is 5. The molecule has 0 fully saturated rings. The van der Waals surface area contributed by atoms with Gasteiger partial charge in [0.05, 0.1) is 13.0 Å². The first-order valence-electron chi connectivity index (χ1n) is 5.34. The lowest BCUT2D eigenvalue weighted by molar-refractivity contribution is -0.141. The van der Waals surface area contributed by atoms with Gasteiger partial charge in [-0.25, -0.2) is 0 Å². The van der Waals surface area contributed by atoms with E-state index in [9.17, 15) is 9.59 Å². The maximum Gasteiger partial charge on any atom is 0.325 e. The number of carbonyl (C=O) groups excluding carboxylic acids is 2. The Kier molecular flexibility index (Phi) is 6.03. The van der Waals surface area contributed by atoms with Gasteiger partial charge in [-0.2, -0.15) is 0 Å². The molecule has 1 atom stereocenters. The Labute approximate surface area is 96.7 Å². The van der Waals surface area contributed by atoms with E-state index in [-0.39, 0.29) is 30.3 Å². The molecule has 0 bridgehead atoms. The fraction of sp³-hybridized carbons (Fsp3) is 0.818. The minimum Gasteiger partial charge on any atom is -0.468 e. The second-order valence-electron chi connectivity index (χ2n) is 4.99. The maximum absolute atomic E-state index is 11.7. The average molecular weight is 230 g/mol. The van der Waals surface area contributed by atoms with Gasteiger partial charge in [0.15, 0.2) is 0 Å². The highest BCUT2D eigenvalue weighted by molar-refractivity contribution is 5.83. The normalized spacial score (nSPS) is 13.1. The number of nitrogens with two attached hydrogens (primary N) is 1. The fourth-order valence-corrected chi connectivity index (χ4v) is 1.40. The number of hydrogen-bond donors (Lipinski definition) is 2. The Morgan fingerprint density at radius 2 is 1.94 bits per heavy atom. The summed E-state index contributed by atoms with van der Waals surface area (Å²) in [6.07, 6.45) is 0.691. The van der Waals surface area contributed by atoms with Crippen molar-refractivity contribution in [2.24, 2.45) is 17.1 Å². The second-order valence-corrected chi connectivity index (χ2v) is 4.99. The maximum atomic E-state index is 11.7. The molecule has 0 aliphatic rings. The molecule has 1 unspecified atom stereocenters. The standard InChI is InChI=1S/C11H22N2O3/c1-11(2,3)5-8(6-12)10(15)13-7-9(14)16-4/h8H,5-7,12H2,1-4H3,(H,13,15). The van der Waals surface area contributed by atoms with Gasteiger partial charge in [0.25, 0.3) is 0 Å². The molecule has 0 aromatic heterocycles. The van der Waals surface area contributed by atoms with Crippen LogP contribution in [-0.2, 0) is 14.3 Å². The number of nitrogens with one attached hydrogen (secondary N) is 1. The number of amides is 1. The van der Waals surface area contributed by atoms with E-state index in [1.807, 2.05) is 20.8 Å². The average Bonchev–Trinajstić information content (AvgIpc) is 2.20. The van der Waals surface area contributed by atoms with Crippen LogP contribution in [0.5, 0.6) is 0 Å². The van der Waals surface area contributed by atoms with E-state index in [0.717, 1.165) is 0 Å². The predicted octanol–water partition coefficient (Wildman–Crippen LogP) is 0.287. The van der Waals surface area contributed by atoms with Gasteiger partial charge in [-0.3, -0.25) is 9.59 Å². The summed E-state index contributed by atoms with van der Waals surface area (Å²) >= 11 is 0. The third-order valence-corrected chi connectivity index (χ3v) is 2.15. The molecule has 0 aromatic carbocycles. The van der Waals surface area contributed by atoms with Crippen molar-refractivity contribution in [1.29, 1.82) is 0 Å². The summed E-state index contributed by atoms with van der Waals surface area (Å²) in [4.78, 5) is 22.5. The number of carbonyl (C=O) groups is 2. The van der Waals surface area contributed by atoms with Crippen LogP contribution >= 0.6 is 0 Å². The first-order chi connectivity index (χ1) is 7.30. The van der Waals surface area contributed by atoms with Crippen molar-refractivity contribution in [2.45, 2.75) is 27.2 Å². The zero-order chi connectivity index (χ0) is 12.8. The quantitative estimate of drug-likeness (QED) is 0.665. The van der Waals surface area contributed by atoms with E-state index in [1.54, 1.807) is 0 Å².